The zero-order valence-electron chi connectivity index (χ0n) is 12.2. The third-order valence-electron chi connectivity index (χ3n) is 2.80. The predicted molar refractivity (Wildman–Crippen MR) is 78.4 cm³/mol. The van der Waals surface area contributed by atoms with Crippen LogP contribution in [0.5, 0.6) is 0 Å². The van der Waals surface area contributed by atoms with Gasteiger partial charge in [0.1, 0.15) is 17.5 Å². The lowest BCUT2D eigenvalue weighted by Crippen LogP contribution is -2.26. The minimum atomic E-state index is 0.917. The van der Waals surface area contributed by atoms with Crippen LogP contribution in [0.2, 0.25) is 0 Å². The van der Waals surface area contributed by atoms with Crippen molar-refractivity contribution in [1.29, 1.82) is 0 Å². The van der Waals surface area contributed by atoms with Gasteiger partial charge in [0.15, 0.2) is 0 Å². The lowest BCUT2D eigenvalue weighted by atomic mass is 10.3. The van der Waals surface area contributed by atoms with Crippen molar-refractivity contribution >= 4 is 11.6 Å². The Bertz CT molecular complexity index is 346. The number of hydrogen-bond donors (Lipinski definition) is 1. The molecule has 0 aliphatic carbocycles. The van der Waals surface area contributed by atoms with E-state index in [1.165, 1.54) is 0 Å². The summed E-state index contributed by atoms with van der Waals surface area (Å²) in [6, 6.07) is 2.05. The van der Waals surface area contributed by atoms with E-state index in [0.717, 1.165) is 56.2 Å². The Labute approximate surface area is 111 Å². The van der Waals surface area contributed by atoms with E-state index in [9.17, 15) is 0 Å². The molecule has 102 valence electrons. The highest BCUT2D eigenvalue weighted by Gasteiger charge is 2.09. The summed E-state index contributed by atoms with van der Waals surface area (Å²) >= 11 is 0. The van der Waals surface area contributed by atoms with Gasteiger partial charge < -0.3 is 10.2 Å². The van der Waals surface area contributed by atoms with Crippen LogP contribution in [0.3, 0.4) is 0 Å². The molecule has 1 rings (SSSR count). The highest BCUT2D eigenvalue weighted by Crippen LogP contribution is 2.17. The smallest absolute Gasteiger partial charge is 0.134 e. The van der Waals surface area contributed by atoms with Crippen LogP contribution in [0.25, 0.3) is 0 Å². The van der Waals surface area contributed by atoms with Crippen LogP contribution in [-0.2, 0) is 6.42 Å². The van der Waals surface area contributed by atoms with E-state index in [2.05, 4.69) is 41.0 Å². The zero-order chi connectivity index (χ0) is 13.4. The second kappa shape index (κ2) is 7.90. The Hall–Kier alpha value is -1.32. The van der Waals surface area contributed by atoms with Crippen molar-refractivity contribution in [2.45, 2.75) is 46.5 Å². The SMILES string of the molecule is CCCc1nc(NC)cc(N(CCC)CCC)n1. The van der Waals surface area contributed by atoms with Crippen LogP contribution in [0, 0.1) is 0 Å². The van der Waals surface area contributed by atoms with Gasteiger partial charge in [0, 0.05) is 32.6 Å². The van der Waals surface area contributed by atoms with Crippen molar-refractivity contribution in [3.8, 4) is 0 Å². The summed E-state index contributed by atoms with van der Waals surface area (Å²) in [5, 5.41) is 3.13. The molecule has 18 heavy (non-hydrogen) atoms. The third kappa shape index (κ3) is 4.17. The Kier molecular flexibility index (Phi) is 6.47. The van der Waals surface area contributed by atoms with Gasteiger partial charge in [-0.25, -0.2) is 9.97 Å². The number of nitrogens with zero attached hydrogens (tertiary/aromatic N) is 3. The van der Waals surface area contributed by atoms with E-state index in [4.69, 9.17) is 0 Å². The molecule has 0 atom stereocenters. The largest absolute Gasteiger partial charge is 0.373 e. The van der Waals surface area contributed by atoms with Crippen LogP contribution in [-0.4, -0.2) is 30.1 Å². The molecule has 0 aliphatic heterocycles. The lowest BCUT2D eigenvalue weighted by Gasteiger charge is -2.23. The molecule has 1 heterocycles. The van der Waals surface area contributed by atoms with Crippen molar-refractivity contribution in [3.63, 3.8) is 0 Å². The van der Waals surface area contributed by atoms with Gasteiger partial charge >= 0.3 is 0 Å². The summed E-state index contributed by atoms with van der Waals surface area (Å²) in [6.45, 7) is 8.68. The van der Waals surface area contributed by atoms with Crippen LogP contribution < -0.4 is 10.2 Å². The molecule has 1 N–H and O–H groups in total. The standard InChI is InChI=1S/C14H26N4/c1-5-8-12-16-13(15-4)11-14(17-12)18(9-6-2)10-7-3/h11H,5-10H2,1-4H3,(H,15,16,17). The summed E-state index contributed by atoms with van der Waals surface area (Å²) < 4.78 is 0. The first kappa shape index (κ1) is 14.7. The normalized spacial score (nSPS) is 10.4. The number of aromatic nitrogens is 2. The molecule has 0 aliphatic rings. The van der Waals surface area contributed by atoms with Gasteiger partial charge in [-0.2, -0.15) is 0 Å². The van der Waals surface area contributed by atoms with Gasteiger partial charge in [-0.3, -0.25) is 0 Å². The van der Waals surface area contributed by atoms with Crippen molar-refractivity contribution < 1.29 is 0 Å². The average molecular weight is 250 g/mol. The highest BCUT2D eigenvalue weighted by molar-refractivity contribution is 5.49. The Morgan fingerprint density at radius 1 is 1.06 bits per heavy atom. The molecule has 0 radical (unpaired) electrons. The molecule has 4 nitrogen and oxygen atoms in total. The molecule has 0 saturated heterocycles. The maximum atomic E-state index is 4.68. The number of aryl methyl sites for hydroxylation is 1. The summed E-state index contributed by atoms with van der Waals surface area (Å²) in [4.78, 5) is 11.5. The average Bonchev–Trinajstić information content (AvgIpc) is 2.38. The van der Waals surface area contributed by atoms with Gasteiger partial charge in [-0.1, -0.05) is 20.8 Å². The van der Waals surface area contributed by atoms with Crippen molar-refractivity contribution in [2.24, 2.45) is 0 Å². The van der Waals surface area contributed by atoms with Crippen LogP contribution >= 0.6 is 0 Å². The molecule has 1 aromatic rings. The monoisotopic (exact) mass is 250 g/mol. The van der Waals surface area contributed by atoms with Crippen molar-refractivity contribution in [2.75, 3.05) is 30.4 Å². The zero-order valence-corrected chi connectivity index (χ0v) is 12.2. The Morgan fingerprint density at radius 3 is 2.22 bits per heavy atom. The molecule has 0 amide bonds. The fraction of sp³-hybridized carbons (Fsp3) is 0.714. The van der Waals surface area contributed by atoms with E-state index >= 15 is 0 Å². The molecule has 0 bridgehead atoms. The van der Waals surface area contributed by atoms with Crippen LogP contribution in [0.1, 0.15) is 45.9 Å². The maximum Gasteiger partial charge on any atom is 0.134 e. The van der Waals surface area contributed by atoms with E-state index in [1.807, 2.05) is 13.1 Å². The third-order valence-corrected chi connectivity index (χ3v) is 2.80. The number of nitrogens with one attached hydrogen (secondary N) is 1. The van der Waals surface area contributed by atoms with Crippen LogP contribution in [0.4, 0.5) is 11.6 Å². The molecule has 0 aromatic carbocycles. The summed E-state index contributed by atoms with van der Waals surface area (Å²) in [5.41, 5.74) is 0. The fourth-order valence-corrected chi connectivity index (χ4v) is 1.99. The second-order valence-corrected chi connectivity index (χ2v) is 4.51. The molecule has 0 fully saturated rings. The summed E-state index contributed by atoms with van der Waals surface area (Å²) in [7, 11) is 1.91. The molecule has 4 heteroatoms. The molecule has 0 saturated carbocycles. The highest BCUT2D eigenvalue weighted by atomic mass is 15.2. The molecule has 1 aromatic heterocycles. The van der Waals surface area contributed by atoms with Crippen molar-refractivity contribution in [3.05, 3.63) is 11.9 Å². The molecular weight excluding hydrogens is 224 g/mol. The first-order valence-electron chi connectivity index (χ1n) is 7.05. The van der Waals surface area contributed by atoms with E-state index in [-0.39, 0.29) is 0 Å². The van der Waals surface area contributed by atoms with E-state index < -0.39 is 0 Å². The minimum absolute atomic E-state index is 0.917. The predicted octanol–water partition coefficient (Wildman–Crippen LogP) is 3.10. The van der Waals surface area contributed by atoms with Gasteiger partial charge in [0.05, 0.1) is 0 Å². The van der Waals surface area contributed by atoms with Gasteiger partial charge in [-0.15, -0.1) is 0 Å². The molecule has 0 unspecified atom stereocenters. The number of hydrogen-bond acceptors (Lipinski definition) is 4. The molecular formula is C14H26N4. The van der Waals surface area contributed by atoms with Gasteiger partial charge in [-0.05, 0) is 19.3 Å². The Balaban J connectivity index is 2.99. The summed E-state index contributed by atoms with van der Waals surface area (Å²) in [6.07, 6.45) is 4.30. The van der Waals surface area contributed by atoms with E-state index in [1.54, 1.807) is 0 Å². The first-order valence-corrected chi connectivity index (χ1v) is 7.05. The van der Waals surface area contributed by atoms with Crippen LogP contribution in [0.15, 0.2) is 6.07 Å². The fourth-order valence-electron chi connectivity index (χ4n) is 1.99. The topological polar surface area (TPSA) is 41.1 Å². The lowest BCUT2D eigenvalue weighted by molar-refractivity contribution is 0.724. The minimum Gasteiger partial charge on any atom is -0.373 e. The van der Waals surface area contributed by atoms with Gasteiger partial charge in [0.25, 0.3) is 0 Å². The number of anilines is 2. The van der Waals surface area contributed by atoms with Gasteiger partial charge in [0.2, 0.25) is 0 Å². The molecule has 0 spiro atoms. The quantitative estimate of drug-likeness (QED) is 0.769. The number of rotatable bonds is 8. The Morgan fingerprint density at radius 2 is 1.72 bits per heavy atom. The first-order chi connectivity index (χ1) is 8.74. The summed E-state index contributed by atoms with van der Waals surface area (Å²) in [5.74, 6) is 2.92. The second-order valence-electron chi connectivity index (χ2n) is 4.51. The van der Waals surface area contributed by atoms with Crippen molar-refractivity contribution in [1.82, 2.24) is 9.97 Å². The van der Waals surface area contributed by atoms with E-state index in [0.29, 0.717) is 0 Å². The maximum absolute atomic E-state index is 4.68.